The zero-order valence-electron chi connectivity index (χ0n) is 12.6. The Morgan fingerprint density at radius 3 is 2.67 bits per heavy atom. The van der Waals surface area contributed by atoms with Gasteiger partial charge in [0.15, 0.2) is 0 Å². The number of nitrogens with zero attached hydrogens (tertiary/aromatic N) is 2. The zero-order valence-corrected chi connectivity index (χ0v) is 12.6. The van der Waals surface area contributed by atoms with Crippen LogP contribution in [0, 0.1) is 15.5 Å². The smallest absolute Gasteiger partial charge is 0.269 e. The van der Waals surface area contributed by atoms with E-state index < -0.39 is 0 Å². The number of nitrogens with one attached hydrogen (secondary N) is 1. The molecule has 0 aliphatic carbocycles. The Kier molecular flexibility index (Phi) is 4.92. The Labute approximate surface area is 124 Å². The molecule has 1 saturated heterocycles. The molecule has 1 atom stereocenters. The number of nitro benzene ring substituents is 1. The van der Waals surface area contributed by atoms with Crippen molar-refractivity contribution in [2.45, 2.75) is 19.9 Å². The quantitative estimate of drug-likeness (QED) is 0.636. The molecule has 1 aliphatic heterocycles. The Bertz CT molecular complexity index is 499. The molecule has 0 amide bonds. The highest BCUT2D eigenvalue weighted by Crippen LogP contribution is 2.39. The lowest BCUT2D eigenvalue weighted by Crippen LogP contribution is -2.49. The van der Waals surface area contributed by atoms with Crippen LogP contribution in [0.15, 0.2) is 24.3 Å². The summed E-state index contributed by atoms with van der Waals surface area (Å²) in [5.74, 6) is 0. The van der Waals surface area contributed by atoms with Gasteiger partial charge >= 0.3 is 0 Å². The average Bonchev–Trinajstić information content (AvgIpc) is 2.48. The van der Waals surface area contributed by atoms with E-state index in [1.807, 2.05) is 19.9 Å². The lowest BCUT2D eigenvalue weighted by molar-refractivity contribution is -0.385. The van der Waals surface area contributed by atoms with Crippen molar-refractivity contribution in [3.63, 3.8) is 0 Å². The molecule has 116 valence electrons. The first-order valence-electron chi connectivity index (χ1n) is 7.26. The van der Waals surface area contributed by atoms with Crippen LogP contribution < -0.4 is 5.32 Å². The fraction of sp³-hybridized carbons (Fsp3) is 0.600. The topological polar surface area (TPSA) is 78.6 Å². The summed E-state index contributed by atoms with van der Waals surface area (Å²) in [6.45, 7) is 7.56. The molecule has 0 radical (unpaired) electrons. The van der Waals surface area contributed by atoms with E-state index in [4.69, 9.17) is 0 Å². The van der Waals surface area contributed by atoms with Crippen molar-refractivity contribution in [1.29, 1.82) is 0 Å². The predicted octanol–water partition coefficient (Wildman–Crippen LogP) is 1.56. The van der Waals surface area contributed by atoms with Crippen molar-refractivity contribution in [2.75, 3.05) is 32.8 Å². The van der Waals surface area contributed by atoms with Crippen LogP contribution in [0.25, 0.3) is 0 Å². The number of non-ortho nitro benzene ring substituents is 1. The van der Waals surface area contributed by atoms with Gasteiger partial charge in [-0.1, -0.05) is 26.0 Å². The van der Waals surface area contributed by atoms with Crippen LogP contribution in [-0.2, 0) is 0 Å². The first-order valence-corrected chi connectivity index (χ1v) is 7.26. The highest BCUT2D eigenvalue weighted by atomic mass is 16.6. The predicted molar refractivity (Wildman–Crippen MR) is 81.1 cm³/mol. The van der Waals surface area contributed by atoms with Crippen LogP contribution in [0.5, 0.6) is 0 Å². The summed E-state index contributed by atoms with van der Waals surface area (Å²) >= 11 is 0. The normalized spacial score (nSPS) is 18.4. The van der Waals surface area contributed by atoms with Crippen LogP contribution in [0.3, 0.4) is 0 Å². The van der Waals surface area contributed by atoms with Gasteiger partial charge in [0.1, 0.15) is 0 Å². The number of aliphatic hydroxyl groups excluding tert-OH is 1. The van der Waals surface area contributed by atoms with E-state index in [0.717, 1.165) is 31.7 Å². The van der Waals surface area contributed by atoms with Gasteiger partial charge < -0.3 is 10.4 Å². The summed E-state index contributed by atoms with van der Waals surface area (Å²) in [6.07, 6.45) is 0. The molecule has 1 aliphatic rings. The fourth-order valence-electron chi connectivity index (χ4n) is 2.99. The van der Waals surface area contributed by atoms with E-state index in [0.29, 0.717) is 0 Å². The monoisotopic (exact) mass is 293 g/mol. The highest BCUT2D eigenvalue weighted by Gasteiger charge is 2.36. The first-order chi connectivity index (χ1) is 9.95. The van der Waals surface area contributed by atoms with Gasteiger partial charge in [-0.3, -0.25) is 15.0 Å². The number of benzene rings is 1. The summed E-state index contributed by atoms with van der Waals surface area (Å²) in [6, 6.07) is 6.73. The second-order valence-corrected chi connectivity index (χ2v) is 6.19. The molecule has 6 nitrogen and oxygen atoms in total. The second-order valence-electron chi connectivity index (χ2n) is 6.19. The van der Waals surface area contributed by atoms with Gasteiger partial charge in [-0.2, -0.15) is 0 Å². The summed E-state index contributed by atoms with van der Waals surface area (Å²) in [5, 5.41) is 24.1. The third kappa shape index (κ3) is 3.58. The van der Waals surface area contributed by atoms with Gasteiger partial charge in [0, 0.05) is 56.4 Å². The maximum atomic E-state index is 11.0. The van der Waals surface area contributed by atoms with Crippen LogP contribution in [0.2, 0.25) is 0 Å². The summed E-state index contributed by atoms with van der Waals surface area (Å²) < 4.78 is 0. The zero-order chi connectivity index (χ0) is 15.5. The molecule has 6 heteroatoms. The SMILES string of the molecule is CC(C)(CO)[C@H](c1cccc([N+](=O)[O-])c1)N1CCNCC1. The molecule has 0 unspecified atom stereocenters. The maximum Gasteiger partial charge on any atom is 0.269 e. The molecule has 21 heavy (non-hydrogen) atoms. The van der Waals surface area contributed by atoms with E-state index in [1.54, 1.807) is 12.1 Å². The van der Waals surface area contributed by atoms with Gasteiger partial charge in [0.05, 0.1) is 4.92 Å². The molecule has 2 rings (SSSR count). The minimum Gasteiger partial charge on any atom is -0.396 e. The largest absolute Gasteiger partial charge is 0.396 e. The molecule has 1 fully saturated rings. The Hall–Kier alpha value is -1.50. The van der Waals surface area contributed by atoms with Crippen molar-refractivity contribution >= 4 is 5.69 Å². The fourth-order valence-corrected chi connectivity index (χ4v) is 2.99. The van der Waals surface area contributed by atoms with E-state index in [2.05, 4.69) is 10.2 Å². The lowest BCUT2D eigenvalue weighted by atomic mass is 9.79. The Balaban J connectivity index is 2.39. The molecule has 0 spiro atoms. The molecule has 1 heterocycles. The van der Waals surface area contributed by atoms with Gasteiger partial charge in [-0.25, -0.2) is 0 Å². The van der Waals surface area contributed by atoms with Crippen LogP contribution in [0.1, 0.15) is 25.5 Å². The van der Waals surface area contributed by atoms with Gasteiger partial charge in [0.2, 0.25) is 0 Å². The second kappa shape index (κ2) is 6.51. The van der Waals surface area contributed by atoms with E-state index >= 15 is 0 Å². The number of hydrogen-bond acceptors (Lipinski definition) is 5. The van der Waals surface area contributed by atoms with Crippen molar-refractivity contribution in [3.05, 3.63) is 39.9 Å². The maximum absolute atomic E-state index is 11.0. The van der Waals surface area contributed by atoms with Crippen LogP contribution in [-0.4, -0.2) is 47.7 Å². The average molecular weight is 293 g/mol. The minimum atomic E-state index is -0.371. The highest BCUT2D eigenvalue weighted by molar-refractivity contribution is 5.36. The molecule has 1 aromatic rings. The summed E-state index contributed by atoms with van der Waals surface area (Å²) in [7, 11) is 0. The molecule has 2 N–H and O–H groups in total. The first kappa shape index (κ1) is 15.9. The number of rotatable bonds is 5. The van der Waals surface area contributed by atoms with Crippen molar-refractivity contribution in [3.8, 4) is 0 Å². The van der Waals surface area contributed by atoms with Crippen LogP contribution in [0.4, 0.5) is 5.69 Å². The minimum absolute atomic E-state index is 0.0320. The van der Waals surface area contributed by atoms with Gasteiger partial charge in [0.25, 0.3) is 5.69 Å². The molecule has 0 bridgehead atoms. The molecule has 0 aromatic heterocycles. The molecular weight excluding hydrogens is 270 g/mol. The lowest BCUT2D eigenvalue weighted by Gasteiger charge is -2.43. The number of hydrogen-bond donors (Lipinski definition) is 2. The Morgan fingerprint density at radius 2 is 2.10 bits per heavy atom. The van der Waals surface area contributed by atoms with Gasteiger partial charge in [-0.15, -0.1) is 0 Å². The van der Waals surface area contributed by atoms with Crippen molar-refractivity contribution in [1.82, 2.24) is 10.2 Å². The molecular formula is C15H23N3O3. The number of aliphatic hydroxyl groups is 1. The number of piperazine rings is 1. The van der Waals surface area contributed by atoms with Crippen molar-refractivity contribution in [2.24, 2.45) is 5.41 Å². The number of nitro groups is 1. The standard InChI is InChI=1S/C15H23N3O3/c1-15(2,11-19)14(17-8-6-16-7-9-17)12-4-3-5-13(10-12)18(20)21/h3-5,10,14,16,19H,6-9,11H2,1-2H3/t14-/m0/s1. The van der Waals surface area contributed by atoms with Crippen LogP contribution >= 0.6 is 0 Å². The van der Waals surface area contributed by atoms with Crippen molar-refractivity contribution < 1.29 is 10.0 Å². The van der Waals surface area contributed by atoms with E-state index in [-0.39, 0.29) is 28.7 Å². The van der Waals surface area contributed by atoms with E-state index in [1.165, 1.54) is 6.07 Å². The third-order valence-electron chi connectivity index (χ3n) is 4.06. The molecule has 0 saturated carbocycles. The Morgan fingerprint density at radius 1 is 1.43 bits per heavy atom. The van der Waals surface area contributed by atoms with Gasteiger partial charge in [-0.05, 0) is 5.56 Å². The third-order valence-corrected chi connectivity index (χ3v) is 4.06. The molecule has 1 aromatic carbocycles. The summed E-state index contributed by atoms with van der Waals surface area (Å²) in [4.78, 5) is 12.9. The van der Waals surface area contributed by atoms with E-state index in [9.17, 15) is 15.2 Å². The summed E-state index contributed by atoms with van der Waals surface area (Å²) in [5.41, 5.74) is 0.624.